The van der Waals surface area contributed by atoms with E-state index in [9.17, 15) is 4.39 Å². The van der Waals surface area contributed by atoms with Gasteiger partial charge in [-0.1, -0.05) is 11.2 Å². The number of methoxy groups -OCH3 is 1. The second kappa shape index (κ2) is 5.81. The van der Waals surface area contributed by atoms with Crippen LogP contribution in [0.25, 0.3) is 0 Å². The highest BCUT2D eigenvalue weighted by molar-refractivity contribution is 5.29. The van der Waals surface area contributed by atoms with Crippen LogP contribution in [0.3, 0.4) is 0 Å². The molecule has 21 heavy (non-hydrogen) atoms. The van der Waals surface area contributed by atoms with E-state index >= 15 is 0 Å². The Hall–Kier alpha value is -1.95. The van der Waals surface area contributed by atoms with Crippen LogP contribution in [0.1, 0.15) is 29.6 Å². The van der Waals surface area contributed by atoms with Crippen molar-refractivity contribution < 1.29 is 13.7 Å². The molecule has 1 aromatic heterocycles. The van der Waals surface area contributed by atoms with E-state index in [1.54, 1.807) is 6.07 Å². The van der Waals surface area contributed by atoms with Crippen LogP contribution in [0.5, 0.6) is 5.75 Å². The molecule has 1 aromatic carbocycles. The van der Waals surface area contributed by atoms with Gasteiger partial charge in [0.1, 0.15) is 0 Å². The maximum Gasteiger partial charge on any atom is 0.231 e. The molecule has 0 bridgehead atoms. The first-order valence-corrected chi connectivity index (χ1v) is 7.00. The summed E-state index contributed by atoms with van der Waals surface area (Å²) in [5.74, 6) is 1.60. The van der Waals surface area contributed by atoms with Gasteiger partial charge in [0.15, 0.2) is 17.4 Å². The van der Waals surface area contributed by atoms with Crippen molar-refractivity contribution in [2.45, 2.75) is 25.8 Å². The summed E-state index contributed by atoms with van der Waals surface area (Å²) in [4.78, 5) is 6.56. The molecule has 0 spiro atoms. The highest BCUT2D eigenvalue weighted by Gasteiger charge is 2.28. The molecule has 0 N–H and O–H groups in total. The molecule has 0 radical (unpaired) electrons. The normalized spacial score (nSPS) is 19.1. The highest BCUT2D eigenvalue weighted by atomic mass is 19.1. The first-order valence-electron chi connectivity index (χ1n) is 7.00. The SMILES string of the molecule is COc1ccc(CN2CC[C@H](c3nc(C)no3)C2)cc1F. The van der Waals surface area contributed by atoms with E-state index in [-0.39, 0.29) is 17.5 Å². The van der Waals surface area contributed by atoms with Crippen LogP contribution < -0.4 is 4.74 Å². The third-order valence-electron chi connectivity index (χ3n) is 3.79. The van der Waals surface area contributed by atoms with Crippen LogP contribution in [0.4, 0.5) is 4.39 Å². The van der Waals surface area contributed by atoms with Crippen molar-refractivity contribution in [2.24, 2.45) is 0 Å². The molecule has 6 heteroatoms. The lowest BCUT2D eigenvalue weighted by Crippen LogP contribution is -2.19. The quantitative estimate of drug-likeness (QED) is 0.866. The molecule has 1 aliphatic heterocycles. The van der Waals surface area contributed by atoms with Gasteiger partial charge in [-0.05, 0) is 37.6 Å². The maximum atomic E-state index is 13.7. The smallest absolute Gasteiger partial charge is 0.231 e. The topological polar surface area (TPSA) is 51.4 Å². The van der Waals surface area contributed by atoms with Crippen molar-refractivity contribution in [3.8, 4) is 5.75 Å². The molecule has 2 aromatic rings. The molecule has 1 atom stereocenters. The number of likely N-dealkylation sites (tertiary alicyclic amines) is 1. The number of hydrogen-bond acceptors (Lipinski definition) is 5. The maximum absolute atomic E-state index is 13.7. The van der Waals surface area contributed by atoms with Gasteiger partial charge < -0.3 is 9.26 Å². The van der Waals surface area contributed by atoms with Crippen LogP contribution in [-0.2, 0) is 6.54 Å². The molecule has 0 saturated carbocycles. The zero-order valence-electron chi connectivity index (χ0n) is 12.2. The van der Waals surface area contributed by atoms with E-state index < -0.39 is 0 Å². The fourth-order valence-corrected chi connectivity index (χ4v) is 2.72. The van der Waals surface area contributed by atoms with E-state index in [1.807, 2.05) is 13.0 Å². The fraction of sp³-hybridized carbons (Fsp3) is 0.467. The van der Waals surface area contributed by atoms with E-state index in [1.165, 1.54) is 13.2 Å². The number of aryl methyl sites for hydroxylation is 1. The minimum atomic E-state index is -0.321. The van der Waals surface area contributed by atoms with E-state index in [2.05, 4.69) is 15.0 Å². The van der Waals surface area contributed by atoms with Crippen LogP contribution in [0.2, 0.25) is 0 Å². The summed E-state index contributed by atoms with van der Waals surface area (Å²) in [5.41, 5.74) is 0.940. The lowest BCUT2D eigenvalue weighted by molar-refractivity contribution is 0.308. The van der Waals surface area contributed by atoms with Crippen LogP contribution in [0.15, 0.2) is 22.7 Å². The summed E-state index contributed by atoms with van der Waals surface area (Å²) >= 11 is 0. The molecular formula is C15H18FN3O2. The fourth-order valence-electron chi connectivity index (χ4n) is 2.72. The average Bonchev–Trinajstić information content (AvgIpc) is 3.08. The van der Waals surface area contributed by atoms with Gasteiger partial charge >= 0.3 is 0 Å². The van der Waals surface area contributed by atoms with Gasteiger partial charge in [0.2, 0.25) is 5.89 Å². The van der Waals surface area contributed by atoms with Gasteiger partial charge in [-0.25, -0.2) is 4.39 Å². The average molecular weight is 291 g/mol. The molecule has 0 aliphatic carbocycles. The van der Waals surface area contributed by atoms with Gasteiger partial charge in [0.25, 0.3) is 0 Å². The third-order valence-corrected chi connectivity index (χ3v) is 3.79. The Kier molecular flexibility index (Phi) is 3.88. The monoisotopic (exact) mass is 291 g/mol. The van der Waals surface area contributed by atoms with Crippen LogP contribution in [-0.4, -0.2) is 35.2 Å². The molecule has 1 saturated heterocycles. The number of rotatable bonds is 4. The van der Waals surface area contributed by atoms with Gasteiger partial charge in [-0.2, -0.15) is 4.98 Å². The van der Waals surface area contributed by atoms with E-state index in [0.29, 0.717) is 18.3 Å². The molecule has 1 fully saturated rings. The summed E-state index contributed by atoms with van der Waals surface area (Å²) in [5, 5.41) is 3.83. The lowest BCUT2D eigenvalue weighted by Gasteiger charge is -2.15. The number of hydrogen-bond donors (Lipinski definition) is 0. The molecule has 112 valence electrons. The zero-order valence-corrected chi connectivity index (χ0v) is 12.2. The van der Waals surface area contributed by atoms with E-state index in [0.717, 1.165) is 25.1 Å². The van der Waals surface area contributed by atoms with Crippen molar-refractivity contribution in [1.29, 1.82) is 0 Å². The summed E-state index contributed by atoms with van der Waals surface area (Å²) in [7, 11) is 1.47. The van der Waals surface area contributed by atoms with Crippen LogP contribution in [0, 0.1) is 12.7 Å². The van der Waals surface area contributed by atoms with Crippen molar-refractivity contribution in [3.63, 3.8) is 0 Å². The Bertz CT molecular complexity index is 629. The number of halogens is 1. The summed E-state index contributed by atoms with van der Waals surface area (Å²) < 4.78 is 23.9. The zero-order chi connectivity index (χ0) is 14.8. The summed E-state index contributed by atoms with van der Waals surface area (Å²) in [6.45, 7) is 4.33. The number of benzene rings is 1. The van der Waals surface area contributed by atoms with Gasteiger partial charge in [-0.3, -0.25) is 4.90 Å². The second-order valence-corrected chi connectivity index (χ2v) is 5.37. The minimum Gasteiger partial charge on any atom is -0.494 e. The first-order chi connectivity index (χ1) is 10.2. The Balaban J connectivity index is 1.63. The van der Waals surface area contributed by atoms with Crippen LogP contribution >= 0.6 is 0 Å². The van der Waals surface area contributed by atoms with Crippen molar-refractivity contribution in [3.05, 3.63) is 41.3 Å². The van der Waals surface area contributed by atoms with Gasteiger partial charge in [0, 0.05) is 13.1 Å². The minimum absolute atomic E-state index is 0.272. The second-order valence-electron chi connectivity index (χ2n) is 5.37. The predicted octanol–water partition coefficient (Wildman–Crippen LogP) is 2.52. The first kappa shape index (κ1) is 14.0. The van der Waals surface area contributed by atoms with Crippen molar-refractivity contribution in [1.82, 2.24) is 15.0 Å². The number of aromatic nitrogens is 2. The Labute approximate surface area is 122 Å². The summed E-state index contributed by atoms with van der Waals surface area (Å²) in [6, 6.07) is 5.09. The number of ether oxygens (including phenoxy) is 1. The van der Waals surface area contributed by atoms with Gasteiger partial charge in [0.05, 0.1) is 13.0 Å². The van der Waals surface area contributed by atoms with Crippen molar-refractivity contribution in [2.75, 3.05) is 20.2 Å². The Morgan fingerprint density at radius 3 is 3.00 bits per heavy atom. The molecule has 0 amide bonds. The van der Waals surface area contributed by atoms with E-state index in [4.69, 9.17) is 9.26 Å². The lowest BCUT2D eigenvalue weighted by atomic mass is 10.1. The number of nitrogens with zero attached hydrogens (tertiary/aromatic N) is 3. The highest BCUT2D eigenvalue weighted by Crippen LogP contribution is 2.27. The Morgan fingerprint density at radius 2 is 2.33 bits per heavy atom. The molecule has 5 nitrogen and oxygen atoms in total. The largest absolute Gasteiger partial charge is 0.494 e. The predicted molar refractivity (Wildman–Crippen MR) is 74.6 cm³/mol. The third kappa shape index (κ3) is 3.05. The van der Waals surface area contributed by atoms with Crippen molar-refractivity contribution >= 4 is 0 Å². The van der Waals surface area contributed by atoms with Gasteiger partial charge in [-0.15, -0.1) is 0 Å². The summed E-state index contributed by atoms with van der Waals surface area (Å²) in [6.07, 6.45) is 0.986. The standard InChI is InChI=1S/C15H18FN3O2/c1-10-17-15(21-18-10)12-5-6-19(9-12)8-11-3-4-14(20-2)13(16)7-11/h3-4,7,12H,5-6,8-9H2,1-2H3/t12-/m0/s1. The molecule has 0 unspecified atom stereocenters. The molecular weight excluding hydrogens is 273 g/mol. The molecule has 1 aliphatic rings. The molecule has 3 rings (SSSR count). The Morgan fingerprint density at radius 1 is 1.48 bits per heavy atom. The molecule has 2 heterocycles.